The second kappa shape index (κ2) is 8.14. The molecule has 0 unspecified atom stereocenters. The summed E-state index contributed by atoms with van der Waals surface area (Å²) in [6.07, 6.45) is 0.656. The fraction of sp³-hybridized carbons (Fsp3) is 0.188. The van der Waals surface area contributed by atoms with Crippen molar-refractivity contribution in [2.75, 3.05) is 13.2 Å². The van der Waals surface area contributed by atoms with E-state index in [0.717, 1.165) is 5.56 Å². The molecule has 0 aliphatic carbocycles. The van der Waals surface area contributed by atoms with Gasteiger partial charge in [0.25, 0.3) is 11.6 Å². The maximum atomic E-state index is 11.7. The second-order valence-electron chi connectivity index (χ2n) is 4.77. The Labute approximate surface area is 138 Å². The molecule has 120 valence electrons. The molecule has 0 aliphatic rings. The molecule has 2 rings (SSSR count). The quantitative estimate of drug-likeness (QED) is 0.623. The largest absolute Gasteiger partial charge is 0.484 e. The third kappa shape index (κ3) is 5.60. The van der Waals surface area contributed by atoms with E-state index in [4.69, 9.17) is 16.3 Å². The van der Waals surface area contributed by atoms with Gasteiger partial charge in [0.05, 0.1) is 11.0 Å². The molecule has 1 N–H and O–H groups in total. The number of carbonyl (C=O) groups is 1. The zero-order valence-electron chi connectivity index (χ0n) is 12.2. The number of halogens is 1. The smallest absolute Gasteiger partial charge is 0.273 e. The van der Waals surface area contributed by atoms with Crippen LogP contribution in [0, 0.1) is 10.1 Å². The highest BCUT2D eigenvalue weighted by molar-refractivity contribution is 6.30. The normalized spacial score (nSPS) is 10.1. The van der Waals surface area contributed by atoms with Gasteiger partial charge in [-0.05, 0) is 30.2 Å². The Morgan fingerprint density at radius 1 is 1.22 bits per heavy atom. The number of rotatable bonds is 7. The topological polar surface area (TPSA) is 81.5 Å². The molecule has 0 spiro atoms. The Hall–Kier alpha value is -2.60. The number of nitro groups is 1. The van der Waals surface area contributed by atoms with Crippen LogP contribution >= 0.6 is 11.6 Å². The Bertz CT molecular complexity index is 706. The van der Waals surface area contributed by atoms with Crippen molar-refractivity contribution in [1.29, 1.82) is 0 Å². The van der Waals surface area contributed by atoms with Crippen molar-refractivity contribution < 1.29 is 14.5 Å². The van der Waals surface area contributed by atoms with E-state index >= 15 is 0 Å². The first-order valence-corrected chi connectivity index (χ1v) is 7.31. The molecule has 6 nitrogen and oxygen atoms in total. The molecule has 0 heterocycles. The number of nitro benzene ring substituents is 1. The van der Waals surface area contributed by atoms with Gasteiger partial charge in [-0.3, -0.25) is 14.9 Å². The zero-order chi connectivity index (χ0) is 16.7. The fourth-order valence-electron chi connectivity index (χ4n) is 1.93. The van der Waals surface area contributed by atoms with Crippen molar-refractivity contribution in [3.05, 3.63) is 69.2 Å². The van der Waals surface area contributed by atoms with Crippen molar-refractivity contribution in [2.45, 2.75) is 6.42 Å². The number of ether oxygens (including phenoxy) is 1. The van der Waals surface area contributed by atoms with Crippen LogP contribution in [-0.4, -0.2) is 24.0 Å². The second-order valence-corrected chi connectivity index (χ2v) is 5.21. The van der Waals surface area contributed by atoms with Crippen LogP contribution in [0.5, 0.6) is 5.75 Å². The van der Waals surface area contributed by atoms with Gasteiger partial charge in [-0.2, -0.15) is 0 Å². The summed E-state index contributed by atoms with van der Waals surface area (Å²) in [4.78, 5) is 21.8. The average molecular weight is 335 g/mol. The lowest BCUT2D eigenvalue weighted by atomic mass is 10.1. The third-order valence-corrected chi connectivity index (χ3v) is 3.26. The minimum Gasteiger partial charge on any atom is -0.484 e. The van der Waals surface area contributed by atoms with E-state index in [9.17, 15) is 14.9 Å². The number of carbonyl (C=O) groups excluding carboxylic acids is 1. The minimum absolute atomic E-state index is 0.0798. The van der Waals surface area contributed by atoms with Crippen molar-refractivity contribution in [1.82, 2.24) is 5.32 Å². The number of amides is 1. The molecule has 23 heavy (non-hydrogen) atoms. The summed E-state index contributed by atoms with van der Waals surface area (Å²) in [6, 6.07) is 13.1. The standard InChI is InChI=1S/C16H15ClN2O4/c17-13-4-1-3-12(9-13)7-8-18-16(20)11-23-15-6-2-5-14(10-15)19(21)22/h1-6,9-10H,7-8,11H2,(H,18,20). The maximum absolute atomic E-state index is 11.7. The molecule has 0 aliphatic heterocycles. The van der Waals surface area contributed by atoms with Crippen LogP contribution in [0.4, 0.5) is 5.69 Å². The number of hydrogen-bond donors (Lipinski definition) is 1. The van der Waals surface area contributed by atoms with E-state index in [1.807, 2.05) is 18.2 Å². The first kappa shape index (κ1) is 16.8. The van der Waals surface area contributed by atoms with Crippen LogP contribution in [0.15, 0.2) is 48.5 Å². The number of nitrogens with zero attached hydrogens (tertiary/aromatic N) is 1. The van der Waals surface area contributed by atoms with E-state index in [1.165, 1.54) is 18.2 Å². The summed E-state index contributed by atoms with van der Waals surface area (Å²) >= 11 is 5.88. The predicted molar refractivity (Wildman–Crippen MR) is 86.8 cm³/mol. The van der Waals surface area contributed by atoms with Crippen LogP contribution < -0.4 is 10.1 Å². The Kier molecular flexibility index (Phi) is 5.94. The molecule has 0 saturated carbocycles. The van der Waals surface area contributed by atoms with E-state index in [-0.39, 0.29) is 24.0 Å². The van der Waals surface area contributed by atoms with Gasteiger partial charge in [0.2, 0.25) is 0 Å². The van der Waals surface area contributed by atoms with Crippen molar-refractivity contribution in [3.63, 3.8) is 0 Å². The Morgan fingerprint density at radius 2 is 2.00 bits per heavy atom. The van der Waals surface area contributed by atoms with E-state index < -0.39 is 4.92 Å². The molecule has 0 atom stereocenters. The highest BCUT2D eigenvalue weighted by Gasteiger charge is 2.08. The number of nitrogens with one attached hydrogen (secondary N) is 1. The summed E-state index contributed by atoms with van der Waals surface area (Å²) in [5.74, 6) is -0.0114. The zero-order valence-corrected chi connectivity index (χ0v) is 13.0. The highest BCUT2D eigenvalue weighted by Crippen LogP contribution is 2.18. The predicted octanol–water partition coefficient (Wildman–Crippen LogP) is 2.99. The molecule has 7 heteroatoms. The van der Waals surface area contributed by atoms with Crippen LogP contribution in [0.3, 0.4) is 0 Å². The van der Waals surface area contributed by atoms with Gasteiger partial charge in [-0.25, -0.2) is 0 Å². The van der Waals surface area contributed by atoms with E-state index in [2.05, 4.69) is 5.32 Å². The molecule has 0 fully saturated rings. The van der Waals surface area contributed by atoms with Crippen LogP contribution in [0.25, 0.3) is 0 Å². The fourth-order valence-corrected chi connectivity index (χ4v) is 2.14. The van der Waals surface area contributed by atoms with Gasteiger partial charge < -0.3 is 10.1 Å². The highest BCUT2D eigenvalue weighted by atomic mass is 35.5. The first-order chi connectivity index (χ1) is 11.0. The van der Waals surface area contributed by atoms with Crippen LogP contribution in [0.1, 0.15) is 5.56 Å². The molecular formula is C16H15ClN2O4. The molecule has 0 aromatic heterocycles. The van der Waals surface area contributed by atoms with Crippen molar-refractivity contribution >= 4 is 23.2 Å². The molecule has 0 saturated heterocycles. The SMILES string of the molecule is O=C(COc1cccc([N+](=O)[O-])c1)NCCc1cccc(Cl)c1. The molecule has 2 aromatic carbocycles. The average Bonchev–Trinajstić information content (AvgIpc) is 2.53. The van der Waals surface area contributed by atoms with Crippen LogP contribution in [0.2, 0.25) is 5.02 Å². The summed E-state index contributed by atoms with van der Waals surface area (Å²) in [5.41, 5.74) is 0.946. The van der Waals surface area contributed by atoms with Gasteiger partial charge in [0.15, 0.2) is 6.61 Å². The summed E-state index contributed by atoms with van der Waals surface area (Å²) in [7, 11) is 0. The van der Waals surface area contributed by atoms with E-state index in [0.29, 0.717) is 18.0 Å². The van der Waals surface area contributed by atoms with Crippen LogP contribution in [-0.2, 0) is 11.2 Å². The number of non-ortho nitro benzene ring substituents is 1. The Morgan fingerprint density at radius 3 is 2.74 bits per heavy atom. The molecule has 0 radical (unpaired) electrons. The lowest BCUT2D eigenvalue weighted by molar-refractivity contribution is -0.384. The molecule has 0 bridgehead atoms. The lowest BCUT2D eigenvalue weighted by Crippen LogP contribution is -2.30. The molecule has 2 aromatic rings. The van der Waals surface area contributed by atoms with Gasteiger partial charge in [0, 0.05) is 17.6 Å². The van der Waals surface area contributed by atoms with Gasteiger partial charge in [-0.15, -0.1) is 0 Å². The molecule has 1 amide bonds. The third-order valence-electron chi connectivity index (χ3n) is 3.02. The summed E-state index contributed by atoms with van der Waals surface area (Å²) in [6.45, 7) is 0.258. The van der Waals surface area contributed by atoms with Gasteiger partial charge in [0.1, 0.15) is 5.75 Å². The number of hydrogen-bond acceptors (Lipinski definition) is 4. The number of benzene rings is 2. The van der Waals surface area contributed by atoms with Gasteiger partial charge >= 0.3 is 0 Å². The molecular weight excluding hydrogens is 320 g/mol. The van der Waals surface area contributed by atoms with Gasteiger partial charge in [-0.1, -0.05) is 29.8 Å². The lowest BCUT2D eigenvalue weighted by Gasteiger charge is -2.07. The summed E-state index contributed by atoms with van der Waals surface area (Å²) in [5, 5.41) is 14.0. The maximum Gasteiger partial charge on any atom is 0.273 e. The van der Waals surface area contributed by atoms with Crippen molar-refractivity contribution in [2.24, 2.45) is 0 Å². The van der Waals surface area contributed by atoms with E-state index in [1.54, 1.807) is 12.1 Å². The summed E-state index contributed by atoms with van der Waals surface area (Å²) < 4.78 is 5.24. The monoisotopic (exact) mass is 334 g/mol. The minimum atomic E-state index is -0.516. The first-order valence-electron chi connectivity index (χ1n) is 6.93. The Balaban J connectivity index is 1.75. The van der Waals surface area contributed by atoms with Crippen molar-refractivity contribution in [3.8, 4) is 5.75 Å².